The van der Waals surface area contributed by atoms with Gasteiger partial charge in [-0.1, -0.05) is 36.4 Å². The molecule has 1 heterocycles. The first-order chi connectivity index (χ1) is 9.18. The second kappa shape index (κ2) is 6.50. The highest BCUT2D eigenvalue weighted by Crippen LogP contribution is 2.17. The zero-order valence-corrected chi connectivity index (χ0v) is 12.0. The van der Waals surface area contributed by atoms with Gasteiger partial charge in [-0.15, -0.1) is 11.3 Å². The zero-order chi connectivity index (χ0) is 13.7. The lowest BCUT2D eigenvalue weighted by molar-refractivity contribution is 0.0946. The Labute approximate surface area is 117 Å². The Bertz CT molecular complexity index is 508. The van der Waals surface area contributed by atoms with Crippen molar-refractivity contribution in [1.82, 2.24) is 10.2 Å². The number of hydrogen-bond acceptors (Lipinski definition) is 3. The van der Waals surface area contributed by atoms with E-state index in [-0.39, 0.29) is 11.9 Å². The molecule has 3 nitrogen and oxygen atoms in total. The number of rotatable bonds is 5. The van der Waals surface area contributed by atoms with E-state index in [1.165, 1.54) is 16.9 Å². The summed E-state index contributed by atoms with van der Waals surface area (Å²) in [4.78, 5) is 14.8. The van der Waals surface area contributed by atoms with Crippen LogP contribution in [-0.4, -0.2) is 31.4 Å². The Hall–Kier alpha value is -1.65. The summed E-state index contributed by atoms with van der Waals surface area (Å²) in [6, 6.07) is 14.1. The molecule has 2 aromatic rings. The molecule has 0 saturated heterocycles. The lowest BCUT2D eigenvalue weighted by Gasteiger charge is -2.25. The van der Waals surface area contributed by atoms with E-state index in [0.29, 0.717) is 6.54 Å². The van der Waals surface area contributed by atoms with Crippen LogP contribution in [-0.2, 0) is 0 Å². The quantitative estimate of drug-likeness (QED) is 0.909. The summed E-state index contributed by atoms with van der Waals surface area (Å²) in [5, 5.41) is 4.91. The molecule has 0 spiro atoms. The van der Waals surface area contributed by atoms with Crippen LogP contribution in [0.25, 0.3) is 0 Å². The Morgan fingerprint density at radius 2 is 1.95 bits per heavy atom. The Kier molecular flexibility index (Phi) is 4.71. The molecule has 1 amide bonds. The van der Waals surface area contributed by atoms with Crippen molar-refractivity contribution in [2.45, 2.75) is 6.04 Å². The van der Waals surface area contributed by atoms with Crippen LogP contribution in [0.3, 0.4) is 0 Å². The molecular formula is C15H18N2OS. The summed E-state index contributed by atoms with van der Waals surface area (Å²) < 4.78 is 0. The highest BCUT2D eigenvalue weighted by atomic mass is 32.1. The van der Waals surface area contributed by atoms with Crippen LogP contribution in [0.15, 0.2) is 47.8 Å². The van der Waals surface area contributed by atoms with Crippen LogP contribution in [0.2, 0.25) is 0 Å². The minimum absolute atomic E-state index is 0.00205. The van der Waals surface area contributed by atoms with Crippen LogP contribution in [0.5, 0.6) is 0 Å². The topological polar surface area (TPSA) is 32.3 Å². The largest absolute Gasteiger partial charge is 0.349 e. The number of hydrogen-bond donors (Lipinski definition) is 1. The Morgan fingerprint density at radius 1 is 1.21 bits per heavy atom. The van der Waals surface area contributed by atoms with Crippen molar-refractivity contribution >= 4 is 17.2 Å². The van der Waals surface area contributed by atoms with Crippen LogP contribution >= 0.6 is 11.3 Å². The summed E-state index contributed by atoms with van der Waals surface area (Å²) in [5.74, 6) is -0.00205. The van der Waals surface area contributed by atoms with Crippen LogP contribution in [0.1, 0.15) is 21.3 Å². The van der Waals surface area contributed by atoms with E-state index < -0.39 is 0 Å². The number of nitrogens with zero attached hydrogens (tertiary/aromatic N) is 1. The minimum atomic E-state index is -0.00205. The van der Waals surface area contributed by atoms with Crippen molar-refractivity contribution in [3.05, 3.63) is 58.3 Å². The van der Waals surface area contributed by atoms with Gasteiger partial charge in [0.2, 0.25) is 0 Å². The SMILES string of the molecule is CN(C)[C@H](CNC(=O)c1cccs1)c1ccccc1. The number of carbonyl (C=O) groups is 1. The summed E-state index contributed by atoms with van der Waals surface area (Å²) in [5.41, 5.74) is 1.21. The van der Waals surface area contributed by atoms with E-state index in [0.717, 1.165) is 4.88 Å². The molecule has 2 rings (SSSR count). The van der Waals surface area contributed by atoms with Crippen molar-refractivity contribution in [2.24, 2.45) is 0 Å². The lowest BCUT2D eigenvalue weighted by atomic mass is 10.1. The molecule has 0 radical (unpaired) electrons. The van der Waals surface area contributed by atoms with Crippen molar-refractivity contribution in [3.63, 3.8) is 0 Å². The molecule has 0 aliphatic rings. The summed E-state index contributed by atoms with van der Waals surface area (Å²) in [7, 11) is 4.05. The molecule has 0 aliphatic heterocycles. The molecular weight excluding hydrogens is 256 g/mol. The molecule has 0 saturated carbocycles. The van der Waals surface area contributed by atoms with Gasteiger partial charge in [0, 0.05) is 6.54 Å². The normalized spacial score (nSPS) is 12.4. The number of carbonyl (C=O) groups excluding carboxylic acids is 1. The predicted octanol–water partition coefficient (Wildman–Crippen LogP) is 2.78. The van der Waals surface area contributed by atoms with E-state index in [2.05, 4.69) is 22.3 Å². The molecule has 0 unspecified atom stereocenters. The number of thiophene rings is 1. The fourth-order valence-electron chi connectivity index (χ4n) is 1.96. The average Bonchev–Trinajstić information content (AvgIpc) is 2.93. The van der Waals surface area contributed by atoms with Gasteiger partial charge in [0.15, 0.2) is 0 Å². The van der Waals surface area contributed by atoms with Crippen molar-refractivity contribution in [1.29, 1.82) is 0 Å². The Morgan fingerprint density at radius 3 is 2.53 bits per heavy atom. The second-order valence-corrected chi connectivity index (χ2v) is 5.53. The van der Waals surface area contributed by atoms with Crippen LogP contribution in [0, 0.1) is 0 Å². The van der Waals surface area contributed by atoms with E-state index in [4.69, 9.17) is 0 Å². The molecule has 100 valence electrons. The van der Waals surface area contributed by atoms with E-state index in [9.17, 15) is 4.79 Å². The number of nitrogens with one attached hydrogen (secondary N) is 1. The maximum absolute atomic E-state index is 11.9. The molecule has 4 heteroatoms. The predicted molar refractivity (Wildman–Crippen MR) is 79.5 cm³/mol. The van der Waals surface area contributed by atoms with Crippen molar-refractivity contribution in [3.8, 4) is 0 Å². The lowest BCUT2D eigenvalue weighted by Crippen LogP contribution is -2.34. The third kappa shape index (κ3) is 3.66. The van der Waals surface area contributed by atoms with Gasteiger partial charge in [0.1, 0.15) is 0 Å². The summed E-state index contributed by atoms with van der Waals surface area (Å²) >= 11 is 1.46. The molecule has 19 heavy (non-hydrogen) atoms. The van der Waals surface area contributed by atoms with E-state index in [1.54, 1.807) is 0 Å². The summed E-state index contributed by atoms with van der Waals surface area (Å²) in [6.07, 6.45) is 0. The molecule has 0 aliphatic carbocycles. The van der Waals surface area contributed by atoms with Gasteiger partial charge in [-0.05, 0) is 31.1 Å². The van der Waals surface area contributed by atoms with Gasteiger partial charge in [0.05, 0.1) is 10.9 Å². The molecule has 1 N–H and O–H groups in total. The van der Waals surface area contributed by atoms with Crippen molar-refractivity contribution < 1.29 is 4.79 Å². The second-order valence-electron chi connectivity index (χ2n) is 4.58. The Balaban J connectivity index is 2.01. The minimum Gasteiger partial charge on any atom is -0.349 e. The van der Waals surface area contributed by atoms with Gasteiger partial charge in [-0.25, -0.2) is 0 Å². The maximum atomic E-state index is 11.9. The highest BCUT2D eigenvalue weighted by molar-refractivity contribution is 7.12. The zero-order valence-electron chi connectivity index (χ0n) is 11.2. The van der Waals surface area contributed by atoms with Gasteiger partial charge in [0.25, 0.3) is 5.91 Å². The van der Waals surface area contributed by atoms with Crippen LogP contribution in [0.4, 0.5) is 0 Å². The molecule has 1 aromatic carbocycles. The summed E-state index contributed by atoms with van der Waals surface area (Å²) in [6.45, 7) is 0.605. The van der Waals surface area contributed by atoms with Crippen molar-refractivity contribution in [2.75, 3.05) is 20.6 Å². The molecule has 1 atom stereocenters. The van der Waals surface area contributed by atoms with E-state index >= 15 is 0 Å². The molecule has 1 aromatic heterocycles. The van der Waals surface area contributed by atoms with Crippen LogP contribution < -0.4 is 5.32 Å². The first-order valence-corrected chi connectivity index (χ1v) is 7.09. The first kappa shape index (κ1) is 13.8. The third-order valence-electron chi connectivity index (χ3n) is 3.01. The van der Waals surface area contributed by atoms with Gasteiger partial charge in [-0.2, -0.15) is 0 Å². The van der Waals surface area contributed by atoms with Gasteiger partial charge in [-0.3, -0.25) is 4.79 Å². The first-order valence-electron chi connectivity index (χ1n) is 6.21. The van der Waals surface area contributed by atoms with Gasteiger partial charge >= 0.3 is 0 Å². The van der Waals surface area contributed by atoms with E-state index in [1.807, 2.05) is 49.8 Å². The third-order valence-corrected chi connectivity index (χ3v) is 3.88. The number of likely N-dealkylation sites (N-methyl/N-ethyl adjacent to an activating group) is 1. The fraction of sp³-hybridized carbons (Fsp3) is 0.267. The monoisotopic (exact) mass is 274 g/mol. The number of benzene rings is 1. The maximum Gasteiger partial charge on any atom is 0.261 e. The fourth-order valence-corrected chi connectivity index (χ4v) is 2.60. The molecule has 0 fully saturated rings. The highest BCUT2D eigenvalue weighted by Gasteiger charge is 2.15. The number of amides is 1. The average molecular weight is 274 g/mol. The smallest absolute Gasteiger partial charge is 0.261 e. The standard InChI is InChI=1S/C15H18N2OS/c1-17(2)13(12-7-4-3-5-8-12)11-16-15(18)14-9-6-10-19-14/h3-10,13H,11H2,1-2H3,(H,16,18)/t13-/m1/s1. The molecule has 0 bridgehead atoms. The van der Waals surface area contributed by atoms with Gasteiger partial charge < -0.3 is 10.2 Å².